The van der Waals surface area contributed by atoms with Crippen LogP contribution in [0.3, 0.4) is 0 Å². The minimum atomic E-state index is -1.08. The second kappa shape index (κ2) is 6.08. The van der Waals surface area contributed by atoms with E-state index in [1.165, 1.54) is 18.3 Å². The molecule has 0 unspecified atom stereocenters. The van der Waals surface area contributed by atoms with E-state index in [0.717, 1.165) is 6.42 Å². The van der Waals surface area contributed by atoms with E-state index in [2.05, 4.69) is 9.97 Å². The summed E-state index contributed by atoms with van der Waals surface area (Å²) < 4.78 is 0. The van der Waals surface area contributed by atoms with Crippen LogP contribution in [0.15, 0.2) is 30.5 Å². The molecule has 0 saturated carbocycles. The lowest BCUT2D eigenvalue weighted by Gasteiger charge is -2.06. The lowest BCUT2D eigenvalue weighted by atomic mass is 10.1. The van der Waals surface area contributed by atoms with E-state index in [0.29, 0.717) is 17.7 Å². The monoisotopic (exact) mass is 287 g/mol. The summed E-state index contributed by atoms with van der Waals surface area (Å²) in [6.45, 7) is 1.92. The molecule has 0 fully saturated rings. The molecule has 0 atom stereocenters. The Morgan fingerprint density at radius 1 is 1.43 bits per heavy atom. The first-order valence-corrected chi connectivity index (χ1v) is 6.37. The highest BCUT2D eigenvalue weighted by Crippen LogP contribution is 2.22. The molecule has 1 heterocycles. The molecule has 108 valence electrons. The maximum atomic E-state index is 11.1. The number of benzene rings is 1. The van der Waals surface area contributed by atoms with Crippen LogP contribution >= 0.6 is 0 Å². The smallest absolute Gasteiger partial charge is 0.339 e. The minimum Gasteiger partial charge on any atom is -0.478 e. The zero-order valence-electron chi connectivity index (χ0n) is 11.3. The van der Waals surface area contributed by atoms with Crippen molar-refractivity contribution in [1.29, 1.82) is 0 Å². The molecular formula is C14H13N3O4. The molecule has 1 aromatic carbocycles. The summed E-state index contributed by atoms with van der Waals surface area (Å²) in [5, 5.41) is 19.9. The Hall–Kier alpha value is -2.83. The molecule has 1 aromatic heterocycles. The number of carboxylic acid groups (broad SMARTS) is 1. The van der Waals surface area contributed by atoms with Gasteiger partial charge >= 0.3 is 5.97 Å². The maximum Gasteiger partial charge on any atom is 0.339 e. The zero-order valence-corrected chi connectivity index (χ0v) is 11.3. The standard InChI is InChI=1S/C14H13N3O4/c1-2-4-12-11(14(18)19)8-15-13(16-12)9-5-3-6-10(7-9)17(20)21/h3,5-8H,2,4H2,1H3,(H,18,19). The predicted octanol–water partition coefficient (Wildman–Crippen LogP) is 2.70. The van der Waals surface area contributed by atoms with Crippen molar-refractivity contribution in [3.8, 4) is 11.4 Å². The summed E-state index contributed by atoms with van der Waals surface area (Å²) >= 11 is 0. The molecule has 0 radical (unpaired) electrons. The number of carboxylic acids is 1. The van der Waals surface area contributed by atoms with Gasteiger partial charge in [0.05, 0.1) is 16.2 Å². The van der Waals surface area contributed by atoms with Gasteiger partial charge in [-0.25, -0.2) is 14.8 Å². The molecule has 0 saturated heterocycles. The summed E-state index contributed by atoms with van der Waals surface area (Å²) in [4.78, 5) is 29.6. The van der Waals surface area contributed by atoms with Gasteiger partial charge in [0.15, 0.2) is 5.82 Å². The SMILES string of the molecule is CCCc1nc(-c2cccc([N+](=O)[O-])c2)ncc1C(=O)O. The van der Waals surface area contributed by atoms with Gasteiger partial charge in [-0.05, 0) is 6.42 Å². The quantitative estimate of drug-likeness (QED) is 0.669. The fourth-order valence-corrected chi connectivity index (χ4v) is 1.92. The topological polar surface area (TPSA) is 106 Å². The third-order valence-electron chi connectivity index (χ3n) is 2.90. The van der Waals surface area contributed by atoms with Crippen LogP contribution in [-0.4, -0.2) is 26.0 Å². The Labute approximate surface area is 120 Å². The Bertz CT molecular complexity index is 700. The van der Waals surface area contributed by atoms with Gasteiger partial charge in [-0.3, -0.25) is 10.1 Å². The molecule has 0 amide bonds. The van der Waals surface area contributed by atoms with Gasteiger partial charge < -0.3 is 5.11 Å². The van der Waals surface area contributed by atoms with Crippen LogP contribution in [0.25, 0.3) is 11.4 Å². The van der Waals surface area contributed by atoms with Crippen LogP contribution in [0.2, 0.25) is 0 Å². The van der Waals surface area contributed by atoms with Crippen molar-refractivity contribution >= 4 is 11.7 Å². The van der Waals surface area contributed by atoms with E-state index >= 15 is 0 Å². The minimum absolute atomic E-state index is 0.0598. The highest BCUT2D eigenvalue weighted by atomic mass is 16.6. The van der Waals surface area contributed by atoms with Crippen LogP contribution in [0.5, 0.6) is 0 Å². The molecule has 1 N–H and O–H groups in total. The van der Waals surface area contributed by atoms with Gasteiger partial charge in [-0.15, -0.1) is 0 Å². The van der Waals surface area contributed by atoms with Gasteiger partial charge in [0.2, 0.25) is 0 Å². The van der Waals surface area contributed by atoms with Crippen LogP contribution < -0.4 is 0 Å². The predicted molar refractivity (Wildman–Crippen MR) is 75.1 cm³/mol. The van der Waals surface area contributed by atoms with Gasteiger partial charge in [0.1, 0.15) is 0 Å². The number of aromatic nitrogens is 2. The van der Waals surface area contributed by atoms with Crippen molar-refractivity contribution in [2.75, 3.05) is 0 Å². The fourth-order valence-electron chi connectivity index (χ4n) is 1.92. The average molecular weight is 287 g/mol. The Morgan fingerprint density at radius 2 is 2.19 bits per heavy atom. The first-order valence-electron chi connectivity index (χ1n) is 6.37. The van der Waals surface area contributed by atoms with Crippen molar-refractivity contribution in [2.45, 2.75) is 19.8 Å². The third-order valence-corrected chi connectivity index (χ3v) is 2.90. The van der Waals surface area contributed by atoms with E-state index in [1.807, 2.05) is 6.92 Å². The first-order chi connectivity index (χ1) is 10.0. The third kappa shape index (κ3) is 3.19. The number of rotatable bonds is 5. The highest BCUT2D eigenvalue weighted by molar-refractivity contribution is 5.88. The molecular weight excluding hydrogens is 274 g/mol. The van der Waals surface area contributed by atoms with Gasteiger partial charge in [-0.2, -0.15) is 0 Å². The summed E-state index contributed by atoms with van der Waals surface area (Å²) in [5.74, 6) is -0.795. The molecule has 2 rings (SSSR count). The van der Waals surface area contributed by atoms with E-state index in [-0.39, 0.29) is 17.1 Å². The number of nitro groups is 1. The molecule has 7 heteroatoms. The lowest BCUT2D eigenvalue weighted by molar-refractivity contribution is -0.384. The number of aromatic carboxylic acids is 1. The number of aryl methyl sites for hydroxylation is 1. The summed E-state index contributed by atoms with van der Waals surface area (Å²) in [6, 6.07) is 5.94. The molecule has 0 aliphatic carbocycles. The van der Waals surface area contributed by atoms with E-state index < -0.39 is 10.9 Å². The summed E-state index contributed by atoms with van der Waals surface area (Å²) in [6.07, 6.45) is 2.49. The average Bonchev–Trinajstić information content (AvgIpc) is 2.47. The Morgan fingerprint density at radius 3 is 2.81 bits per heavy atom. The zero-order chi connectivity index (χ0) is 15.4. The second-order valence-corrected chi connectivity index (χ2v) is 4.42. The largest absolute Gasteiger partial charge is 0.478 e. The Kier molecular flexibility index (Phi) is 4.22. The van der Waals surface area contributed by atoms with Crippen molar-refractivity contribution in [3.05, 3.63) is 51.8 Å². The van der Waals surface area contributed by atoms with Crippen LogP contribution in [0.4, 0.5) is 5.69 Å². The fraction of sp³-hybridized carbons (Fsp3) is 0.214. The van der Waals surface area contributed by atoms with Gasteiger partial charge in [-0.1, -0.05) is 25.5 Å². The second-order valence-electron chi connectivity index (χ2n) is 4.42. The van der Waals surface area contributed by atoms with Gasteiger partial charge in [0, 0.05) is 23.9 Å². The number of nitrogens with zero attached hydrogens (tertiary/aromatic N) is 3. The first kappa shape index (κ1) is 14.6. The number of hydrogen-bond acceptors (Lipinski definition) is 5. The maximum absolute atomic E-state index is 11.1. The number of carbonyl (C=O) groups is 1. The highest BCUT2D eigenvalue weighted by Gasteiger charge is 2.15. The van der Waals surface area contributed by atoms with E-state index in [1.54, 1.807) is 12.1 Å². The Balaban J connectivity index is 2.49. The normalized spacial score (nSPS) is 10.3. The molecule has 0 spiro atoms. The van der Waals surface area contributed by atoms with E-state index in [9.17, 15) is 14.9 Å². The van der Waals surface area contributed by atoms with Gasteiger partial charge in [0.25, 0.3) is 5.69 Å². The number of hydrogen-bond donors (Lipinski definition) is 1. The molecule has 7 nitrogen and oxygen atoms in total. The molecule has 0 bridgehead atoms. The van der Waals surface area contributed by atoms with Crippen LogP contribution in [0, 0.1) is 10.1 Å². The molecule has 0 aliphatic heterocycles. The van der Waals surface area contributed by atoms with Crippen LogP contribution in [-0.2, 0) is 6.42 Å². The van der Waals surface area contributed by atoms with Crippen molar-refractivity contribution in [1.82, 2.24) is 9.97 Å². The van der Waals surface area contributed by atoms with E-state index in [4.69, 9.17) is 5.11 Å². The van der Waals surface area contributed by atoms with Crippen molar-refractivity contribution < 1.29 is 14.8 Å². The molecule has 2 aromatic rings. The van der Waals surface area contributed by atoms with Crippen molar-refractivity contribution in [3.63, 3.8) is 0 Å². The molecule has 21 heavy (non-hydrogen) atoms. The molecule has 0 aliphatic rings. The van der Waals surface area contributed by atoms with Crippen LogP contribution in [0.1, 0.15) is 29.4 Å². The summed E-state index contributed by atoms with van der Waals surface area (Å²) in [5.41, 5.74) is 0.918. The lowest BCUT2D eigenvalue weighted by Crippen LogP contribution is -2.07. The number of nitro benzene ring substituents is 1. The summed E-state index contributed by atoms with van der Waals surface area (Å²) in [7, 11) is 0. The number of non-ortho nitro benzene ring substituents is 1. The van der Waals surface area contributed by atoms with Crippen molar-refractivity contribution in [2.24, 2.45) is 0 Å².